The van der Waals surface area contributed by atoms with E-state index in [2.05, 4.69) is 0 Å². The number of aromatic nitrogens is 2. The summed E-state index contributed by atoms with van der Waals surface area (Å²) >= 11 is 1.70. The topological polar surface area (TPSA) is 91.8 Å². The largest absolute Gasteiger partial charge is 0.431 e. The molecule has 29 heavy (non-hydrogen) atoms. The maximum atomic E-state index is 11.4. The predicted molar refractivity (Wildman–Crippen MR) is 108 cm³/mol. The number of hydrogen-bond donors (Lipinski definition) is 1. The molecule has 0 radical (unpaired) electrons. The van der Waals surface area contributed by atoms with Crippen LogP contribution < -0.4 is 9.64 Å². The number of hydrogen-bond acceptors (Lipinski definition) is 7. The first kappa shape index (κ1) is 18.4. The van der Waals surface area contributed by atoms with Gasteiger partial charge in [0.25, 0.3) is 0 Å². The van der Waals surface area contributed by atoms with Gasteiger partial charge in [-0.2, -0.15) is 4.98 Å². The van der Waals surface area contributed by atoms with Gasteiger partial charge in [-0.15, -0.1) is 11.3 Å². The Morgan fingerprint density at radius 1 is 1.21 bits per heavy atom. The normalized spacial score (nSPS) is 16.8. The average molecular weight is 413 g/mol. The molecule has 0 bridgehead atoms. The van der Waals surface area contributed by atoms with E-state index in [0.717, 1.165) is 55.8 Å². The Kier molecular flexibility index (Phi) is 4.86. The van der Waals surface area contributed by atoms with Crippen molar-refractivity contribution in [1.82, 2.24) is 9.97 Å². The van der Waals surface area contributed by atoms with Crippen molar-refractivity contribution in [2.45, 2.75) is 25.8 Å². The molecule has 8 nitrogen and oxygen atoms in total. The molecule has 1 saturated heterocycles. The van der Waals surface area contributed by atoms with Crippen LogP contribution in [0.2, 0.25) is 0 Å². The number of nitrogens with zero attached hydrogens (tertiary/aromatic N) is 3. The van der Waals surface area contributed by atoms with E-state index >= 15 is 0 Å². The summed E-state index contributed by atoms with van der Waals surface area (Å²) in [6.45, 7) is 4.01. The second kappa shape index (κ2) is 7.66. The summed E-state index contributed by atoms with van der Waals surface area (Å²) in [7, 11) is 0. The van der Waals surface area contributed by atoms with Crippen LogP contribution in [0.4, 0.5) is 5.69 Å². The minimum Gasteiger partial charge on any atom is -0.431 e. The van der Waals surface area contributed by atoms with Gasteiger partial charge < -0.3 is 14.4 Å². The van der Waals surface area contributed by atoms with Crippen LogP contribution in [0.3, 0.4) is 0 Å². The molecule has 5 rings (SSSR count). The molecule has 1 fully saturated rings. The highest BCUT2D eigenvalue weighted by molar-refractivity contribution is 7.19. The molecule has 0 amide bonds. The highest BCUT2D eigenvalue weighted by Gasteiger charge is 2.26. The fourth-order valence-electron chi connectivity index (χ4n) is 4.02. The number of rotatable bonds is 5. The Morgan fingerprint density at radius 2 is 2.03 bits per heavy atom. The Morgan fingerprint density at radius 3 is 2.86 bits per heavy atom. The summed E-state index contributed by atoms with van der Waals surface area (Å²) in [6.07, 6.45) is 3.13. The Labute approximate surface area is 171 Å². The molecule has 1 N–H and O–H groups in total. The summed E-state index contributed by atoms with van der Waals surface area (Å²) in [6, 6.07) is 6.43. The lowest BCUT2D eigenvalue weighted by atomic mass is 10.2. The number of benzene rings is 1. The number of thiophene rings is 1. The van der Waals surface area contributed by atoms with Crippen molar-refractivity contribution in [3.8, 4) is 11.6 Å². The number of aryl methyl sites for hydroxylation is 2. The molecular weight excluding hydrogens is 392 g/mol. The van der Waals surface area contributed by atoms with Crippen molar-refractivity contribution in [3.05, 3.63) is 50.6 Å². The van der Waals surface area contributed by atoms with Crippen LogP contribution in [0.5, 0.6) is 11.6 Å². The molecule has 2 aliphatic rings. The minimum absolute atomic E-state index is 0.0634. The van der Waals surface area contributed by atoms with E-state index < -0.39 is 4.92 Å². The number of fused-ring (bicyclic) bond motifs is 3. The lowest BCUT2D eigenvalue weighted by molar-refractivity contribution is -0.922. The van der Waals surface area contributed by atoms with Crippen LogP contribution in [-0.2, 0) is 24.1 Å². The van der Waals surface area contributed by atoms with Crippen molar-refractivity contribution >= 4 is 27.2 Å². The number of nitro groups is 1. The van der Waals surface area contributed by atoms with Gasteiger partial charge in [0.05, 0.1) is 23.5 Å². The van der Waals surface area contributed by atoms with Gasteiger partial charge in [-0.25, -0.2) is 4.98 Å². The second-order valence-corrected chi connectivity index (χ2v) is 8.43. The smallest absolute Gasteiger partial charge is 0.311 e. The third kappa shape index (κ3) is 3.57. The van der Waals surface area contributed by atoms with Crippen LogP contribution in [0, 0.1) is 10.1 Å². The zero-order chi connectivity index (χ0) is 19.8. The summed E-state index contributed by atoms with van der Waals surface area (Å²) in [5.41, 5.74) is 1.18. The van der Waals surface area contributed by atoms with Crippen molar-refractivity contribution in [3.63, 3.8) is 0 Å². The standard InChI is InChI=1S/C20H20N4O4S/c25-24(26)14-5-1-2-6-15(14)28-19-18-13-4-3-7-16(13)29-20(18)22-17(21-19)12-23-8-10-27-11-9-23/h1-2,5-6H,3-4,7-12H2/p+1. The van der Waals surface area contributed by atoms with E-state index in [1.807, 2.05) is 0 Å². The minimum atomic E-state index is -0.426. The second-order valence-electron chi connectivity index (χ2n) is 7.35. The van der Waals surface area contributed by atoms with Crippen LogP contribution in [0.15, 0.2) is 24.3 Å². The van der Waals surface area contributed by atoms with Crippen molar-refractivity contribution in [2.75, 3.05) is 26.3 Å². The van der Waals surface area contributed by atoms with Crippen molar-refractivity contribution in [2.24, 2.45) is 0 Å². The summed E-state index contributed by atoms with van der Waals surface area (Å²) in [5, 5.41) is 12.3. The summed E-state index contributed by atoms with van der Waals surface area (Å²) < 4.78 is 11.5. The molecular formula is C20H21N4O4S+. The fraction of sp³-hybridized carbons (Fsp3) is 0.400. The number of quaternary nitrogens is 1. The monoisotopic (exact) mass is 413 g/mol. The van der Waals surface area contributed by atoms with E-state index in [1.165, 1.54) is 21.4 Å². The molecule has 3 heterocycles. The number of nitrogens with one attached hydrogen (secondary N) is 1. The van der Waals surface area contributed by atoms with E-state index in [0.29, 0.717) is 18.2 Å². The molecule has 0 saturated carbocycles. The van der Waals surface area contributed by atoms with E-state index in [1.54, 1.807) is 29.5 Å². The third-order valence-electron chi connectivity index (χ3n) is 5.45. The molecule has 150 valence electrons. The fourth-order valence-corrected chi connectivity index (χ4v) is 5.29. The van der Waals surface area contributed by atoms with Gasteiger partial charge in [0.1, 0.15) is 24.5 Å². The first-order valence-electron chi connectivity index (χ1n) is 9.83. The molecule has 0 unspecified atom stereocenters. The van der Waals surface area contributed by atoms with Crippen molar-refractivity contribution < 1.29 is 19.3 Å². The third-order valence-corrected chi connectivity index (χ3v) is 6.64. The summed E-state index contributed by atoms with van der Waals surface area (Å²) in [4.78, 5) is 24.2. The molecule has 1 aliphatic carbocycles. The number of nitro benzene ring substituents is 1. The Bertz CT molecular complexity index is 1080. The summed E-state index contributed by atoms with van der Waals surface area (Å²) in [5.74, 6) is 1.36. The lowest BCUT2D eigenvalue weighted by Crippen LogP contribution is -3.12. The van der Waals surface area contributed by atoms with Gasteiger partial charge in [0.2, 0.25) is 11.6 Å². The number of morpholine rings is 1. The van der Waals surface area contributed by atoms with Crippen LogP contribution in [0.25, 0.3) is 10.2 Å². The molecule has 1 aromatic carbocycles. The molecule has 0 spiro atoms. The van der Waals surface area contributed by atoms with Gasteiger partial charge in [0.15, 0.2) is 5.82 Å². The molecule has 9 heteroatoms. The van der Waals surface area contributed by atoms with Gasteiger partial charge in [-0.1, -0.05) is 12.1 Å². The van der Waals surface area contributed by atoms with Crippen LogP contribution >= 0.6 is 11.3 Å². The maximum Gasteiger partial charge on any atom is 0.311 e. The quantitative estimate of drug-likeness (QED) is 0.510. The molecule has 1 aliphatic heterocycles. The number of para-hydroxylation sites is 2. The van der Waals surface area contributed by atoms with Crippen LogP contribution in [0.1, 0.15) is 22.7 Å². The number of ether oxygens (including phenoxy) is 2. The molecule has 0 atom stereocenters. The zero-order valence-corrected chi connectivity index (χ0v) is 16.7. The van der Waals surface area contributed by atoms with Gasteiger partial charge >= 0.3 is 5.69 Å². The van der Waals surface area contributed by atoms with Gasteiger partial charge in [0, 0.05) is 10.9 Å². The van der Waals surface area contributed by atoms with Gasteiger partial charge in [-0.3, -0.25) is 10.1 Å². The lowest BCUT2D eigenvalue weighted by Gasteiger charge is -2.23. The first-order chi connectivity index (χ1) is 14.2. The highest BCUT2D eigenvalue weighted by Crippen LogP contribution is 2.42. The van der Waals surface area contributed by atoms with E-state index in [9.17, 15) is 10.1 Å². The average Bonchev–Trinajstić information content (AvgIpc) is 3.30. The first-order valence-corrected chi connectivity index (χ1v) is 10.6. The maximum absolute atomic E-state index is 11.4. The zero-order valence-electron chi connectivity index (χ0n) is 15.8. The van der Waals surface area contributed by atoms with Crippen LogP contribution in [-0.4, -0.2) is 41.2 Å². The van der Waals surface area contributed by atoms with E-state index in [-0.39, 0.29) is 11.4 Å². The Balaban J connectivity index is 1.57. The Hall–Kier alpha value is -2.62. The highest BCUT2D eigenvalue weighted by atomic mass is 32.1. The van der Waals surface area contributed by atoms with Crippen molar-refractivity contribution in [1.29, 1.82) is 0 Å². The molecule has 3 aromatic rings. The van der Waals surface area contributed by atoms with E-state index in [4.69, 9.17) is 19.4 Å². The SMILES string of the molecule is O=[N+]([O-])c1ccccc1Oc1nc(C[NH+]2CCOCC2)nc2sc3c(c12)CCC3. The van der Waals surface area contributed by atoms with Gasteiger partial charge in [-0.05, 0) is 30.9 Å². The molecule has 2 aromatic heterocycles. The predicted octanol–water partition coefficient (Wildman–Crippen LogP) is 2.30.